The van der Waals surface area contributed by atoms with Crippen LogP contribution in [0.5, 0.6) is 5.75 Å². The van der Waals surface area contributed by atoms with E-state index in [1.807, 2.05) is 24.3 Å². The first-order valence-electron chi connectivity index (χ1n) is 6.47. The maximum atomic E-state index is 13.0. The zero-order valence-electron chi connectivity index (χ0n) is 11.1. The van der Waals surface area contributed by atoms with E-state index in [4.69, 9.17) is 10.5 Å². The first-order valence-corrected chi connectivity index (χ1v) is 8.12. The van der Waals surface area contributed by atoms with Crippen LogP contribution in [0.3, 0.4) is 0 Å². The fourth-order valence-electron chi connectivity index (χ4n) is 2.52. The number of rotatable bonds is 3. The number of benzene rings is 2. The first-order chi connectivity index (χ1) is 9.97. The largest absolute Gasteiger partial charge is 0.493 e. The van der Waals surface area contributed by atoms with Gasteiger partial charge in [-0.1, -0.05) is 18.2 Å². The van der Waals surface area contributed by atoms with Gasteiger partial charge in [0.2, 0.25) is 0 Å². The molecule has 0 aromatic heterocycles. The summed E-state index contributed by atoms with van der Waals surface area (Å²) in [5.74, 6) is -0.193. The highest BCUT2D eigenvalue weighted by molar-refractivity contribution is 7.91. The number of anilines is 1. The Balaban J connectivity index is 1.91. The summed E-state index contributed by atoms with van der Waals surface area (Å²) in [6, 6.07) is 10.7. The van der Waals surface area contributed by atoms with Gasteiger partial charge in [-0.2, -0.15) is 0 Å². The van der Waals surface area contributed by atoms with Crippen molar-refractivity contribution < 1.29 is 17.5 Å². The molecule has 4 nitrogen and oxygen atoms in total. The fraction of sp³-hybridized carbons (Fsp3) is 0.200. The normalized spacial score (nSPS) is 17.3. The van der Waals surface area contributed by atoms with Gasteiger partial charge in [-0.15, -0.1) is 0 Å². The van der Waals surface area contributed by atoms with E-state index in [1.54, 1.807) is 0 Å². The van der Waals surface area contributed by atoms with Gasteiger partial charge in [0.05, 0.1) is 22.9 Å². The predicted octanol–water partition coefficient (Wildman–Crippen LogP) is 2.36. The Morgan fingerprint density at radius 1 is 1.24 bits per heavy atom. The van der Waals surface area contributed by atoms with E-state index in [0.29, 0.717) is 12.4 Å². The van der Waals surface area contributed by atoms with Crippen LogP contribution in [-0.4, -0.2) is 20.8 Å². The van der Waals surface area contributed by atoms with Gasteiger partial charge in [0.25, 0.3) is 0 Å². The van der Waals surface area contributed by atoms with E-state index in [2.05, 4.69) is 0 Å². The molecule has 1 aliphatic rings. The first kappa shape index (κ1) is 13.9. The molecule has 1 heterocycles. The van der Waals surface area contributed by atoms with Crippen molar-refractivity contribution in [3.63, 3.8) is 0 Å². The molecule has 0 fully saturated rings. The number of ether oxygens (including phenoxy) is 1. The summed E-state index contributed by atoms with van der Waals surface area (Å²) in [4.78, 5) is -0.0340. The lowest BCUT2D eigenvalue weighted by atomic mass is 10.0. The van der Waals surface area contributed by atoms with E-state index in [9.17, 15) is 12.8 Å². The highest BCUT2D eigenvalue weighted by Gasteiger charge is 2.30. The molecule has 21 heavy (non-hydrogen) atoms. The van der Waals surface area contributed by atoms with Gasteiger partial charge >= 0.3 is 0 Å². The minimum Gasteiger partial charge on any atom is -0.493 e. The van der Waals surface area contributed by atoms with Crippen LogP contribution in [0.4, 0.5) is 10.1 Å². The molecule has 0 saturated carbocycles. The topological polar surface area (TPSA) is 69.4 Å². The van der Waals surface area contributed by atoms with Crippen molar-refractivity contribution in [3.8, 4) is 5.75 Å². The van der Waals surface area contributed by atoms with Gasteiger partial charge in [-0.3, -0.25) is 0 Å². The van der Waals surface area contributed by atoms with Crippen LogP contribution in [0.15, 0.2) is 47.4 Å². The third-order valence-electron chi connectivity index (χ3n) is 3.53. The van der Waals surface area contributed by atoms with Crippen LogP contribution in [-0.2, 0) is 9.84 Å². The Morgan fingerprint density at radius 3 is 2.76 bits per heavy atom. The van der Waals surface area contributed by atoms with Crippen LogP contribution < -0.4 is 10.5 Å². The monoisotopic (exact) mass is 307 g/mol. The van der Waals surface area contributed by atoms with Crippen molar-refractivity contribution in [2.24, 2.45) is 0 Å². The van der Waals surface area contributed by atoms with Crippen molar-refractivity contribution >= 4 is 15.5 Å². The van der Waals surface area contributed by atoms with E-state index in [1.165, 1.54) is 6.07 Å². The number of nitrogens with two attached hydrogens (primary N) is 1. The van der Waals surface area contributed by atoms with Crippen LogP contribution in [0.1, 0.15) is 11.5 Å². The SMILES string of the molecule is Nc1cc(F)ccc1S(=O)(=O)CC1COc2ccccc21. The van der Waals surface area contributed by atoms with Crippen molar-refractivity contribution in [2.75, 3.05) is 18.1 Å². The molecule has 0 spiro atoms. The molecule has 0 saturated heterocycles. The summed E-state index contributed by atoms with van der Waals surface area (Å²) in [5, 5.41) is 0. The minimum atomic E-state index is -3.61. The number of halogens is 1. The zero-order valence-corrected chi connectivity index (χ0v) is 11.9. The second-order valence-electron chi connectivity index (χ2n) is 5.01. The number of hydrogen-bond acceptors (Lipinski definition) is 4. The summed E-state index contributed by atoms with van der Waals surface area (Å²) >= 11 is 0. The van der Waals surface area contributed by atoms with Gasteiger partial charge in [-0.25, -0.2) is 12.8 Å². The molecular weight excluding hydrogens is 293 g/mol. The standard InChI is InChI=1S/C15H14FNO3S/c16-11-5-6-15(13(17)7-11)21(18,19)9-10-8-20-14-4-2-1-3-12(10)14/h1-7,10H,8-9,17H2. The molecular formula is C15H14FNO3S. The van der Waals surface area contributed by atoms with Gasteiger partial charge in [0.15, 0.2) is 9.84 Å². The molecule has 110 valence electrons. The molecule has 2 aromatic carbocycles. The highest BCUT2D eigenvalue weighted by Crippen LogP contribution is 2.35. The Hall–Kier alpha value is -2.08. The fourth-order valence-corrected chi connectivity index (χ4v) is 4.20. The molecule has 0 aliphatic carbocycles. The van der Waals surface area contributed by atoms with Crippen molar-refractivity contribution in [2.45, 2.75) is 10.8 Å². The molecule has 6 heteroatoms. The molecule has 2 aromatic rings. The molecule has 1 atom stereocenters. The Labute approximate surface area is 122 Å². The zero-order chi connectivity index (χ0) is 15.0. The summed E-state index contributed by atoms with van der Waals surface area (Å²) in [6.45, 7) is 0.319. The summed E-state index contributed by atoms with van der Waals surface area (Å²) in [6.07, 6.45) is 0. The summed E-state index contributed by atoms with van der Waals surface area (Å²) < 4.78 is 43.5. The number of hydrogen-bond donors (Lipinski definition) is 1. The molecule has 1 unspecified atom stereocenters. The van der Waals surface area contributed by atoms with Crippen LogP contribution in [0.2, 0.25) is 0 Å². The molecule has 1 aliphatic heterocycles. The lowest BCUT2D eigenvalue weighted by Crippen LogP contribution is -2.17. The van der Waals surface area contributed by atoms with Crippen molar-refractivity contribution in [1.82, 2.24) is 0 Å². The summed E-state index contributed by atoms with van der Waals surface area (Å²) in [7, 11) is -3.61. The lowest BCUT2D eigenvalue weighted by molar-refractivity contribution is 0.337. The molecule has 0 radical (unpaired) electrons. The van der Waals surface area contributed by atoms with Crippen LogP contribution in [0.25, 0.3) is 0 Å². The van der Waals surface area contributed by atoms with Gasteiger partial charge in [0, 0.05) is 11.5 Å². The van der Waals surface area contributed by atoms with E-state index < -0.39 is 15.7 Å². The van der Waals surface area contributed by atoms with E-state index in [-0.39, 0.29) is 22.3 Å². The Bertz CT molecular complexity index is 789. The average molecular weight is 307 g/mol. The lowest BCUT2D eigenvalue weighted by Gasteiger charge is -2.11. The second kappa shape index (κ2) is 5.04. The van der Waals surface area contributed by atoms with Gasteiger partial charge in [0.1, 0.15) is 11.6 Å². The maximum absolute atomic E-state index is 13.0. The van der Waals surface area contributed by atoms with E-state index >= 15 is 0 Å². The van der Waals surface area contributed by atoms with Gasteiger partial charge in [-0.05, 0) is 24.3 Å². The average Bonchev–Trinajstić information content (AvgIpc) is 2.81. The number of sulfone groups is 1. The smallest absolute Gasteiger partial charge is 0.181 e. The predicted molar refractivity (Wildman–Crippen MR) is 77.5 cm³/mol. The van der Waals surface area contributed by atoms with Crippen LogP contribution >= 0.6 is 0 Å². The number of fused-ring (bicyclic) bond motifs is 1. The van der Waals surface area contributed by atoms with Crippen molar-refractivity contribution in [1.29, 1.82) is 0 Å². The third kappa shape index (κ3) is 2.58. The van der Waals surface area contributed by atoms with Gasteiger partial charge < -0.3 is 10.5 Å². The second-order valence-corrected chi connectivity index (χ2v) is 7.01. The molecule has 0 bridgehead atoms. The Kier molecular flexibility index (Phi) is 3.33. The molecule has 3 rings (SSSR count). The minimum absolute atomic E-state index is 0.0340. The maximum Gasteiger partial charge on any atom is 0.181 e. The van der Waals surface area contributed by atoms with Crippen molar-refractivity contribution in [3.05, 3.63) is 53.8 Å². The summed E-state index contributed by atoms with van der Waals surface area (Å²) in [5.41, 5.74) is 6.44. The Morgan fingerprint density at radius 2 is 2.00 bits per heavy atom. The number of nitrogen functional groups attached to an aromatic ring is 1. The highest BCUT2D eigenvalue weighted by atomic mass is 32.2. The molecule has 0 amide bonds. The quantitative estimate of drug-likeness (QED) is 0.698. The third-order valence-corrected chi connectivity index (χ3v) is 5.41. The van der Waals surface area contributed by atoms with E-state index in [0.717, 1.165) is 17.7 Å². The van der Waals surface area contributed by atoms with Crippen LogP contribution in [0, 0.1) is 5.82 Å². The molecule has 2 N–H and O–H groups in total. The number of para-hydroxylation sites is 1.